The van der Waals surface area contributed by atoms with Crippen LogP contribution in [-0.2, 0) is 11.2 Å². The molecule has 0 fully saturated rings. The van der Waals surface area contributed by atoms with Gasteiger partial charge in [0.2, 0.25) is 0 Å². The molecule has 0 radical (unpaired) electrons. The molecule has 1 aliphatic rings. The summed E-state index contributed by atoms with van der Waals surface area (Å²) in [6, 6.07) is 2.19. The lowest BCUT2D eigenvalue weighted by Crippen LogP contribution is -2.24. The third-order valence-corrected chi connectivity index (χ3v) is 4.97. The highest BCUT2D eigenvalue weighted by molar-refractivity contribution is 7.10. The molecule has 1 N–H and O–H groups in total. The molecule has 2 heterocycles. The number of thiophene rings is 1. The van der Waals surface area contributed by atoms with Crippen molar-refractivity contribution >= 4 is 11.3 Å². The van der Waals surface area contributed by atoms with Gasteiger partial charge in [-0.3, -0.25) is 0 Å². The van der Waals surface area contributed by atoms with Crippen molar-refractivity contribution in [3.8, 4) is 0 Å². The zero-order valence-electron chi connectivity index (χ0n) is 12.0. The number of nitrogens with one attached hydrogen (secondary N) is 1. The summed E-state index contributed by atoms with van der Waals surface area (Å²) in [6.07, 6.45) is 3.97. The molecule has 0 aliphatic carbocycles. The first-order valence-electron chi connectivity index (χ1n) is 6.95. The van der Waals surface area contributed by atoms with Gasteiger partial charge in [0, 0.05) is 22.6 Å². The number of ether oxygens (including phenoxy) is 1. The Balaban J connectivity index is 2.39. The second-order valence-corrected chi connectivity index (χ2v) is 6.06. The third kappa shape index (κ3) is 2.93. The first kappa shape index (κ1) is 14.4. The summed E-state index contributed by atoms with van der Waals surface area (Å²) in [5.74, 6) is 0.551. The summed E-state index contributed by atoms with van der Waals surface area (Å²) in [4.78, 5) is 1.46. The minimum atomic E-state index is 0.0435. The molecule has 0 bridgehead atoms. The summed E-state index contributed by atoms with van der Waals surface area (Å²) in [6.45, 7) is 11.3. The van der Waals surface area contributed by atoms with E-state index in [0.29, 0.717) is 5.92 Å². The Morgan fingerprint density at radius 2 is 2.47 bits per heavy atom. The van der Waals surface area contributed by atoms with Crippen LogP contribution in [0.1, 0.15) is 43.7 Å². The van der Waals surface area contributed by atoms with Crippen LogP contribution in [0.15, 0.2) is 35.5 Å². The summed E-state index contributed by atoms with van der Waals surface area (Å²) in [5, 5.41) is 5.48. The number of allylic oxidation sites excluding steroid dienone is 1. The van der Waals surface area contributed by atoms with Gasteiger partial charge in [0.15, 0.2) is 0 Å². The van der Waals surface area contributed by atoms with Crippen molar-refractivity contribution in [2.75, 3.05) is 6.61 Å². The van der Waals surface area contributed by atoms with Crippen LogP contribution in [0.3, 0.4) is 0 Å². The van der Waals surface area contributed by atoms with Crippen molar-refractivity contribution in [2.24, 2.45) is 5.92 Å². The van der Waals surface area contributed by atoms with Gasteiger partial charge in [0.1, 0.15) is 6.10 Å². The molecular formula is C16H23NOS. The SMILES string of the molecule is C=CN/C(=C(/C)C(C)CC)C1OCCc2sccc21. The Kier molecular flexibility index (Phi) is 4.83. The highest BCUT2D eigenvalue weighted by Gasteiger charge is 2.27. The Morgan fingerprint density at radius 1 is 1.68 bits per heavy atom. The molecule has 3 heteroatoms. The fraction of sp³-hybridized carbons (Fsp3) is 0.500. The molecule has 1 aliphatic heterocycles. The summed E-state index contributed by atoms with van der Waals surface area (Å²) in [7, 11) is 0. The Labute approximate surface area is 120 Å². The Morgan fingerprint density at radius 3 is 3.16 bits per heavy atom. The molecule has 0 spiro atoms. The molecular weight excluding hydrogens is 254 g/mol. The van der Waals surface area contributed by atoms with Crippen LogP contribution in [0.25, 0.3) is 0 Å². The molecule has 2 nitrogen and oxygen atoms in total. The van der Waals surface area contributed by atoms with E-state index in [2.05, 4.69) is 44.1 Å². The van der Waals surface area contributed by atoms with Gasteiger partial charge in [0.25, 0.3) is 0 Å². The number of hydrogen-bond donors (Lipinski definition) is 1. The van der Waals surface area contributed by atoms with Gasteiger partial charge in [0.05, 0.1) is 6.61 Å². The van der Waals surface area contributed by atoms with Crippen molar-refractivity contribution in [2.45, 2.75) is 39.7 Å². The highest BCUT2D eigenvalue weighted by atomic mass is 32.1. The molecule has 19 heavy (non-hydrogen) atoms. The summed E-state index contributed by atoms with van der Waals surface area (Å²) in [5.41, 5.74) is 3.86. The van der Waals surface area contributed by atoms with Crippen LogP contribution in [0.4, 0.5) is 0 Å². The summed E-state index contributed by atoms with van der Waals surface area (Å²) >= 11 is 1.83. The molecule has 2 unspecified atom stereocenters. The van der Waals surface area contributed by atoms with Crippen LogP contribution in [0, 0.1) is 5.92 Å². The van der Waals surface area contributed by atoms with Crippen LogP contribution < -0.4 is 5.32 Å². The van der Waals surface area contributed by atoms with E-state index >= 15 is 0 Å². The largest absolute Gasteiger partial charge is 0.367 e. The normalized spacial score (nSPS) is 21.3. The van der Waals surface area contributed by atoms with E-state index in [9.17, 15) is 0 Å². The average molecular weight is 277 g/mol. The van der Waals surface area contributed by atoms with E-state index in [1.54, 1.807) is 6.20 Å². The lowest BCUT2D eigenvalue weighted by atomic mass is 9.93. The van der Waals surface area contributed by atoms with Crippen LogP contribution in [-0.4, -0.2) is 6.61 Å². The fourth-order valence-corrected chi connectivity index (χ4v) is 3.35. The Bertz CT molecular complexity index is 475. The average Bonchev–Trinajstić information content (AvgIpc) is 2.91. The fourth-order valence-electron chi connectivity index (χ4n) is 2.46. The topological polar surface area (TPSA) is 21.3 Å². The van der Waals surface area contributed by atoms with Crippen molar-refractivity contribution in [3.63, 3.8) is 0 Å². The lowest BCUT2D eigenvalue weighted by Gasteiger charge is -2.28. The molecule has 104 valence electrons. The summed E-state index contributed by atoms with van der Waals surface area (Å²) < 4.78 is 6.03. The van der Waals surface area contributed by atoms with E-state index in [-0.39, 0.29) is 6.10 Å². The lowest BCUT2D eigenvalue weighted by molar-refractivity contribution is 0.0638. The van der Waals surface area contributed by atoms with E-state index in [1.165, 1.54) is 21.7 Å². The van der Waals surface area contributed by atoms with Crippen LogP contribution in [0.5, 0.6) is 0 Å². The van der Waals surface area contributed by atoms with E-state index in [0.717, 1.165) is 19.4 Å². The molecule has 0 saturated carbocycles. The molecule has 0 amide bonds. The maximum absolute atomic E-state index is 6.03. The zero-order chi connectivity index (χ0) is 13.8. The van der Waals surface area contributed by atoms with Gasteiger partial charge in [-0.05, 0) is 42.5 Å². The zero-order valence-corrected chi connectivity index (χ0v) is 12.8. The van der Waals surface area contributed by atoms with E-state index in [4.69, 9.17) is 4.74 Å². The molecule has 2 atom stereocenters. The number of hydrogen-bond acceptors (Lipinski definition) is 3. The standard InChI is InChI=1S/C16H23NOS/c1-5-11(3)12(4)15(17-6-2)16-13-8-10-19-14(13)7-9-18-16/h6,8,10-11,16-17H,2,5,7,9H2,1,3-4H3/b15-12-. The van der Waals surface area contributed by atoms with Gasteiger partial charge in [-0.15, -0.1) is 11.3 Å². The monoisotopic (exact) mass is 277 g/mol. The van der Waals surface area contributed by atoms with Crippen molar-refractivity contribution < 1.29 is 4.74 Å². The van der Waals surface area contributed by atoms with Crippen molar-refractivity contribution in [3.05, 3.63) is 45.9 Å². The maximum Gasteiger partial charge on any atom is 0.123 e. The predicted molar refractivity (Wildman–Crippen MR) is 82.2 cm³/mol. The van der Waals surface area contributed by atoms with Gasteiger partial charge in [-0.25, -0.2) is 0 Å². The smallest absolute Gasteiger partial charge is 0.123 e. The number of fused-ring (bicyclic) bond motifs is 1. The third-order valence-electron chi connectivity index (χ3n) is 3.97. The molecule has 0 aromatic carbocycles. The molecule has 0 saturated heterocycles. The quantitative estimate of drug-likeness (QED) is 0.860. The van der Waals surface area contributed by atoms with Gasteiger partial charge < -0.3 is 10.1 Å². The van der Waals surface area contributed by atoms with E-state index < -0.39 is 0 Å². The Hall–Kier alpha value is -1.06. The molecule has 1 aromatic rings. The highest BCUT2D eigenvalue weighted by Crippen LogP contribution is 2.37. The van der Waals surface area contributed by atoms with Gasteiger partial charge >= 0.3 is 0 Å². The molecule has 1 aromatic heterocycles. The van der Waals surface area contributed by atoms with Gasteiger partial charge in [-0.1, -0.05) is 20.4 Å². The second-order valence-electron chi connectivity index (χ2n) is 5.05. The van der Waals surface area contributed by atoms with Gasteiger partial charge in [-0.2, -0.15) is 0 Å². The maximum atomic E-state index is 6.03. The first-order chi connectivity index (χ1) is 9.19. The second kappa shape index (κ2) is 6.40. The van der Waals surface area contributed by atoms with E-state index in [1.807, 2.05) is 11.3 Å². The minimum Gasteiger partial charge on any atom is -0.367 e. The minimum absolute atomic E-state index is 0.0435. The van der Waals surface area contributed by atoms with Crippen molar-refractivity contribution in [1.29, 1.82) is 0 Å². The molecule has 2 rings (SSSR count). The number of rotatable bonds is 5. The van der Waals surface area contributed by atoms with Crippen LogP contribution >= 0.6 is 11.3 Å². The first-order valence-corrected chi connectivity index (χ1v) is 7.83. The predicted octanol–water partition coefficient (Wildman–Crippen LogP) is 4.42. The van der Waals surface area contributed by atoms with Crippen LogP contribution in [0.2, 0.25) is 0 Å². The van der Waals surface area contributed by atoms with Crippen molar-refractivity contribution in [1.82, 2.24) is 5.32 Å².